The molecule has 1 spiro atoms. The summed E-state index contributed by atoms with van der Waals surface area (Å²) in [6.07, 6.45) is 1.24. The second kappa shape index (κ2) is 8.54. The van der Waals surface area contributed by atoms with Crippen LogP contribution in [-0.2, 0) is 16.6 Å². The van der Waals surface area contributed by atoms with Gasteiger partial charge < -0.3 is 29.4 Å². The zero-order valence-corrected chi connectivity index (χ0v) is 24.2. The number of carbonyl (C=O) groups excluding carboxylic acids is 2. The molecule has 0 radical (unpaired) electrons. The maximum Gasteiger partial charge on any atom is 0.355 e. The van der Waals surface area contributed by atoms with E-state index in [9.17, 15) is 24.9 Å². The van der Waals surface area contributed by atoms with Gasteiger partial charge in [-0.25, -0.2) is 4.79 Å². The van der Waals surface area contributed by atoms with Crippen LogP contribution in [0.25, 0.3) is 10.9 Å². The van der Waals surface area contributed by atoms with Crippen molar-refractivity contribution >= 4 is 22.7 Å². The maximum absolute atomic E-state index is 14.5. The number of aliphatic hydroxyl groups is 3. The molecule has 1 heterocycles. The molecule has 214 valence electrons. The molecule has 0 amide bonds. The van der Waals surface area contributed by atoms with Crippen LogP contribution in [0.15, 0.2) is 41.5 Å². The van der Waals surface area contributed by atoms with Crippen LogP contribution in [0.1, 0.15) is 50.2 Å². The maximum atomic E-state index is 14.5. The Labute approximate surface area is 234 Å². The van der Waals surface area contributed by atoms with Crippen LogP contribution in [0.3, 0.4) is 0 Å². The molecule has 8 heteroatoms. The minimum atomic E-state index is -2.17. The fourth-order valence-electron chi connectivity index (χ4n) is 8.78. The van der Waals surface area contributed by atoms with Crippen LogP contribution in [-0.4, -0.2) is 63.2 Å². The monoisotopic (exact) mass is 549 g/mol. The first-order valence-electron chi connectivity index (χ1n) is 14.1. The number of aryl methyl sites for hydroxylation is 2. The van der Waals surface area contributed by atoms with Gasteiger partial charge in [0.1, 0.15) is 17.5 Å². The van der Waals surface area contributed by atoms with Gasteiger partial charge in [-0.1, -0.05) is 32.9 Å². The number of hydrogen-bond acceptors (Lipinski definition) is 7. The van der Waals surface area contributed by atoms with Gasteiger partial charge in [-0.2, -0.15) is 0 Å². The van der Waals surface area contributed by atoms with E-state index in [1.54, 1.807) is 37.8 Å². The van der Waals surface area contributed by atoms with Gasteiger partial charge in [0.15, 0.2) is 17.5 Å². The molecule has 2 saturated carbocycles. The molecule has 2 aromatic rings. The quantitative estimate of drug-likeness (QED) is 0.395. The molecule has 40 heavy (non-hydrogen) atoms. The number of fused-ring (bicyclic) bond motifs is 4. The molecule has 2 fully saturated rings. The molecule has 8 nitrogen and oxygen atoms in total. The Morgan fingerprint density at radius 1 is 1.23 bits per heavy atom. The number of aromatic nitrogens is 1. The lowest BCUT2D eigenvalue weighted by molar-refractivity contribution is -0.190. The fourth-order valence-corrected chi connectivity index (χ4v) is 8.78. The molecule has 4 aliphatic rings. The number of benzene rings is 1. The summed E-state index contributed by atoms with van der Waals surface area (Å²) in [5, 5.41) is 35.6. The highest BCUT2D eigenvalue weighted by molar-refractivity contribution is 6.00. The van der Waals surface area contributed by atoms with Crippen LogP contribution < -0.4 is 4.74 Å². The molecular formula is C32H39NO7. The number of nitrogens with zero attached hydrogens (tertiary/aromatic N) is 1. The zero-order valence-electron chi connectivity index (χ0n) is 24.2. The van der Waals surface area contributed by atoms with Crippen molar-refractivity contribution in [2.45, 2.75) is 58.8 Å². The number of ketones is 1. The van der Waals surface area contributed by atoms with Crippen molar-refractivity contribution in [1.82, 2.24) is 4.57 Å². The molecule has 4 aliphatic carbocycles. The number of rotatable bonds is 4. The Morgan fingerprint density at radius 3 is 2.58 bits per heavy atom. The van der Waals surface area contributed by atoms with Crippen LogP contribution in [0.4, 0.5) is 0 Å². The standard InChI is InChI=1S/C32H39NO7/c1-15-13-31-16(2)10-22-24(30(22,4)5)21(27(31)36)11-18(14-34)26(35)32(31,38)28(15)40-29(37)25-17(3)20-12-19(39-7)8-9-23(20)33(25)6/h8-9,11-13,16,21-22,24,26,28,34-35,38H,10,14H2,1-7H3/t16-,21+,22-,24+,26-,28+,31+,32+/m1/s1. The Bertz CT molecular complexity index is 1510. The third-order valence-electron chi connectivity index (χ3n) is 11.0. The van der Waals surface area contributed by atoms with E-state index in [1.165, 1.54) is 0 Å². The molecule has 1 aromatic carbocycles. The molecule has 6 rings (SSSR count). The number of aliphatic hydroxyl groups excluding tert-OH is 2. The van der Waals surface area contributed by atoms with Crippen molar-refractivity contribution in [3.8, 4) is 5.75 Å². The van der Waals surface area contributed by atoms with E-state index in [2.05, 4.69) is 13.8 Å². The van der Waals surface area contributed by atoms with Gasteiger partial charge in [0.05, 0.1) is 19.1 Å². The molecule has 0 unspecified atom stereocenters. The van der Waals surface area contributed by atoms with Crippen LogP contribution in [0, 0.1) is 41.4 Å². The van der Waals surface area contributed by atoms with Crippen LogP contribution >= 0.6 is 0 Å². The van der Waals surface area contributed by atoms with E-state index in [4.69, 9.17) is 9.47 Å². The van der Waals surface area contributed by atoms with E-state index in [-0.39, 0.29) is 34.5 Å². The molecule has 1 aromatic heterocycles. The number of hydrogen-bond donors (Lipinski definition) is 3. The fraction of sp³-hybridized carbons (Fsp3) is 0.562. The van der Waals surface area contributed by atoms with Crippen LogP contribution in [0.2, 0.25) is 0 Å². The summed E-state index contributed by atoms with van der Waals surface area (Å²) >= 11 is 0. The number of methoxy groups -OCH3 is 1. The lowest BCUT2D eigenvalue weighted by atomic mass is 9.59. The Balaban J connectivity index is 1.46. The van der Waals surface area contributed by atoms with Crippen LogP contribution in [0.5, 0.6) is 5.75 Å². The minimum absolute atomic E-state index is 0.0569. The van der Waals surface area contributed by atoms with Crippen molar-refractivity contribution in [2.24, 2.45) is 41.5 Å². The van der Waals surface area contributed by atoms with Crippen molar-refractivity contribution < 1.29 is 34.4 Å². The highest BCUT2D eigenvalue weighted by atomic mass is 16.6. The summed E-state index contributed by atoms with van der Waals surface area (Å²) in [6, 6.07) is 5.55. The number of allylic oxidation sites excluding steroid dienone is 1. The number of Topliss-reactive ketones (excluding diaryl/α,β-unsaturated/α-hetero) is 1. The average molecular weight is 550 g/mol. The summed E-state index contributed by atoms with van der Waals surface area (Å²) < 4.78 is 13.2. The molecule has 0 saturated heterocycles. The first kappa shape index (κ1) is 27.2. The normalized spacial score (nSPS) is 37.6. The van der Waals surface area contributed by atoms with Gasteiger partial charge in [-0.05, 0) is 78.3 Å². The highest BCUT2D eigenvalue weighted by Gasteiger charge is 2.76. The SMILES string of the molecule is COc1ccc2c(c1)c(C)c(C(=O)O[C@H]1C(C)=C[C@]34C(=O)[C@@H](C=C(CO)[C@@H](O)[C@]13O)[C@H]1[C@@H](C[C@H]4C)C1(C)C)n2C. The van der Waals surface area contributed by atoms with Gasteiger partial charge in [0, 0.05) is 23.9 Å². The van der Waals surface area contributed by atoms with Gasteiger partial charge in [0.2, 0.25) is 0 Å². The number of ether oxygens (including phenoxy) is 2. The van der Waals surface area contributed by atoms with E-state index in [0.29, 0.717) is 29.0 Å². The summed E-state index contributed by atoms with van der Waals surface area (Å²) in [5.74, 6) is -0.720. The summed E-state index contributed by atoms with van der Waals surface area (Å²) in [7, 11) is 3.35. The summed E-state index contributed by atoms with van der Waals surface area (Å²) in [5.41, 5.74) is -1.17. The predicted molar refractivity (Wildman–Crippen MR) is 149 cm³/mol. The van der Waals surface area contributed by atoms with E-state index in [0.717, 1.165) is 10.9 Å². The zero-order chi connectivity index (χ0) is 29.1. The molecule has 8 atom stereocenters. The van der Waals surface area contributed by atoms with Gasteiger partial charge in [-0.15, -0.1) is 0 Å². The topological polar surface area (TPSA) is 118 Å². The third kappa shape index (κ3) is 3.13. The van der Waals surface area contributed by atoms with Gasteiger partial charge in [-0.3, -0.25) is 4.79 Å². The molecule has 0 aliphatic heterocycles. The smallest absolute Gasteiger partial charge is 0.355 e. The summed E-state index contributed by atoms with van der Waals surface area (Å²) in [4.78, 5) is 28.4. The predicted octanol–water partition coefficient (Wildman–Crippen LogP) is 3.49. The Hall–Kier alpha value is -2.94. The Kier molecular flexibility index (Phi) is 5.81. The van der Waals surface area contributed by atoms with E-state index >= 15 is 0 Å². The first-order valence-corrected chi connectivity index (χ1v) is 14.1. The molecule has 2 bridgehead atoms. The molecular weight excluding hydrogens is 510 g/mol. The van der Waals surface area contributed by atoms with Crippen molar-refractivity contribution in [3.05, 3.63) is 52.8 Å². The first-order chi connectivity index (χ1) is 18.8. The van der Waals surface area contributed by atoms with E-state index in [1.807, 2.05) is 32.0 Å². The minimum Gasteiger partial charge on any atom is -0.497 e. The number of carbonyl (C=O) groups is 2. The second-order valence-electron chi connectivity index (χ2n) is 13.1. The largest absolute Gasteiger partial charge is 0.497 e. The van der Waals surface area contributed by atoms with Gasteiger partial charge in [0.25, 0.3) is 0 Å². The summed E-state index contributed by atoms with van der Waals surface area (Å²) in [6.45, 7) is 9.31. The van der Waals surface area contributed by atoms with Crippen molar-refractivity contribution in [1.29, 1.82) is 0 Å². The van der Waals surface area contributed by atoms with Crippen molar-refractivity contribution in [2.75, 3.05) is 13.7 Å². The average Bonchev–Trinajstić information content (AvgIpc) is 3.28. The highest BCUT2D eigenvalue weighted by Crippen LogP contribution is 2.71. The lowest BCUT2D eigenvalue weighted by Gasteiger charge is -2.48. The second-order valence-corrected chi connectivity index (χ2v) is 13.1. The van der Waals surface area contributed by atoms with Gasteiger partial charge >= 0.3 is 5.97 Å². The van der Waals surface area contributed by atoms with Crippen molar-refractivity contribution in [3.63, 3.8) is 0 Å². The third-order valence-corrected chi connectivity index (χ3v) is 11.0. The van der Waals surface area contributed by atoms with E-state index < -0.39 is 41.7 Å². The lowest BCUT2D eigenvalue weighted by Crippen LogP contribution is -2.65. The Morgan fingerprint density at radius 2 is 1.93 bits per heavy atom. The molecule has 3 N–H and O–H groups in total. The number of esters is 1.